The van der Waals surface area contributed by atoms with Crippen LogP contribution in [0, 0.1) is 6.92 Å². The van der Waals surface area contributed by atoms with Crippen molar-refractivity contribution in [2.24, 2.45) is 0 Å². The maximum absolute atomic E-state index is 12.2. The van der Waals surface area contributed by atoms with E-state index in [2.05, 4.69) is 15.9 Å². The first-order valence-electron chi connectivity index (χ1n) is 5.14. The van der Waals surface area contributed by atoms with Crippen LogP contribution in [0.1, 0.15) is 21.5 Å². The molecule has 0 aliphatic rings. The van der Waals surface area contributed by atoms with Crippen LogP contribution < -0.4 is 4.74 Å². The first-order valence-corrected chi connectivity index (χ1v) is 6.75. The lowest BCUT2D eigenvalue weighted by molar-refractivity contribution is -0.141. The van der Waals surface area contributed by atoms with Crippen LogP contribution in [0.2, 0.25) is 0 Å². The molecule has 1 N–H and O–H groups in total. The summed E-state index contributed by atoms with van der Waals surface area (Å²) in [6.45, 7) is 3.32. The minimum absolute atomic E-state index is 0.361. The van der Waals surface area contributed by atoms with Crippen LogP contribution in [0.25, 0.3) is 0 Å². The van der Waals surface area contributed by atoms with E-state index in [1.165, 1.54) is 37.3 Å². The third kappa shape index (κ3) is 2.67. The highest BCUT2D eigenvalue weighted by atomic mass is 79.9. The topological polar surface area (TPSA) is 66.8 Å². The van der Waals surface area contributed by atoms with Gasteiger partial charge in [-0.3, -0.25) is 4.79 Å². The molecule has 0 aliphatic carbocycles. The Bertz CT molecular complexity index is 486. The Kier molecular flexibility index (Phi) is 4.75. The molecule has 1 aromatic rings. The second kappa shape index (κ2) is 5.71. The van der Waals surface area contributed by atoms with Gasteiger partial charge >= 0.3 is 5.97 Å². The van der Waals surface area contributed by atoms with Gasteiger partial charge in [0.2, 0.25) is 0 Å². The van der Waals surface area contributed by atoms with Crippen molar-refractivity contribution in [3.8, 4) is 5.75 Å². The van der Waals surface area contributed by atoms with E-state index in [-0.39, 0.29) is 5.91 Å². The second-order valence-corrected chi connectivity index (χ2v) is 5.78. The van der Waals surface area contributed by atoms with Gasteiger partial charge in [-0.15, -0.1) is 11.3 Å². The van der Waals surface area contributed by atoms with E-state index in [0.717, 1.165) is 9.35 Å². The van der Waals surface area contributed by atoms with Gasteiger partial charge in [0, 0.05) is 11.9 Å². The number of hydrogen-bond donors (Lipinski definition) is 1. The van der Waals surface area contributed by atoms with Crippen LogP contribution in [0.3, 0.4) is 0 Å². The average molecular weight is 336 g/mol. The normalized spacial score (nSPS) is 12.1. The van der Waals surface area contributed by atoms with Crippen molar-refractivity contribution in [2.45, 2.75) is 19.9 Å². The Labute approximate surface area is 117 Å². The fourth-order valence-corrected chi connectivity index (χ4v) is 3.06. The average Bonchev–Trinajstić information content (AvgIpc) is 2.62. The predicted octanol–water partition coefficient (Wildman–Crippen LogP) is 2.37. The molecule has 1 rings (SSSR count). The number of rotatable bonds is 4. The highest BCUT2D eigenvalue weighted by Gasteiger charge is 2.28. The molecule has 100 valence electrons. The summed E-state index contributed by atoms with van der Waals surface area (Å²) in [4.78, 5) is 25.6. The zero-order valence-corrected chi connectivity index (χ0v) is 12.9. The number of carboxylic acids is 1. The number of methoxy groups -OCH3 is 1. The van der Waals surface area contributed by atoms with Gasteiger partial charge in [0.15, 0.2) is 5.75 Å². The Hall–Kier alpha value is -1.08. The van der Waals surface area contributed by atoms with Gasteiger partial charge in [-0.2, -0.15) is 0 Å². The number of nitrogens with zero attached hydrogens (tertiary/aromatic N) is 1. The molecule has 1 amide bonds. The summed E-state index contributed by atoms with van der Waals surface area (Å²) in [5.74, 6) is -0.954. The largest absolute Gasteiger partial charge is 0.494 e. The van der Waals surface area contributed by atoms with E-state index in [1.54, 1.807) is 0 Å². The molecule has 1 aromatic heterocycles. The quantitative estimate of drug-likeness (QED) is 0.917. The lowest BCUT2D eigenvalue weighted by Crippen LogP contribution is -2.40. The van der Waals surface area contributed by atoms with Gasteiger partial charge in [-0.1, -0.05) is 0 Å². The van der Waals surface area contributed by atoms with Crippen molar-refractivity contribution in [2.75, 3.05) is 14.2 Å². The molecule has 0 saturated carbocycles. The highest BCUT2D eigenvalue weighted by Crippen LogP contribution is 2.39. The lowest BCUT2D eigenvalue weighted by Gasteiger charge is -2.21. The van der Waals surface area contributed by atoms with E-state index in [0.29, 0.717) is 10.6 Å². The van der Waals surface area contributed by atoms with Crippen LogP contribution >= 0.6 is 27.3 Å². The minimum atomic E-state index is -1.04. The van der Waals surface area contributed by atoms with E-state index >= 15 is 0 Å². The van der Waals surface area contributed by atoms with Gasteiger partial charge in [0.1, 0.15) is 10.9 Å². The number of ether oxygens (including phenoxy) is 1. The predicted molar refractivity (Wildman–Crippen MR) is 72.5 cm³/mol. The molecule has 1 heterocycles. The number of hydrogen-bond acceptors (Lipinski definition) is 4. The van der Waals surface area contributed by atoms with Crippen LogP contribution in [0.4, 0.5) is 0 Å². The summed E-state index contributed by atoms with van der Waals surface area (Å²) >= 11 is 4.62. The third-order valence-corrected chi connectivity index (χ3v) is 4.92. The van der Waals surface area contributed by atoms with Crippen molar-refractivity contribution in [3.05, 3.63) is 14.2 Å². The van der Waals surface area contributed by atoms with Crippen LogP contribution in [0.15, 0.2) is 4.47 Å². The molecule has 0 radical (unpaired) electrons. The molecule has 1 atom stereocenters. The van der Waals surface area contributed by atoms with Crippen molar-refractivity contribution in [3.63, 3.8) is 0 Å². The summed E-state index contributed by atoms with van der Waals surface area (Å²) in [5.41, 5.74) is 0. The molecule has 0 aliphatic heterocycles. The number of aryl methyl sites for hydroxylation is 1. The Balaban J connectivity index is 3.11. The summed E-state index contributed by atoms with van der Waals surface area (Å²) in [5, 5.41) is 8.90. The maximum atomic E-state index is 12.2. The van der Waals surface area contributed by atoms with E-state index < -0.39 is 12.0 Å². The Morgan fingerprint density at radius 2 is 2.06 bits per heavy atom. The van der Waals surface area contributed by atoms with Crippen molar-refractivity contribution in [1.29, 1.82) is 0 Å². The zero-order chi connectivity index (χ0) is 14.0. The van der Waals surface area contributed by atoms with Gasteiger partial charge in [-0.05, 0) is 29.8 Å². The molecule has 0 aromatic carbocycles. The number of aliphatic carboxylic acids is 1. The van der Waals surface area contributed by atoms with Gasteiger partial charge in [0.25, 0.3) is 5.91 Å². The molecular weight excluding hydrogens is 322 g/mol. The van der Waals surface area contributed by atoms with E-state index in [4.69, 9.17) is 9.84 Å². The maximum Gasteiger partial charge on any atom is 0.326 e. The Morgan fingerprint density at radius 1 is 1.50 bits per heavy atom. The summed E-state index contributed by atoms with van der Waals surface area (Å²) in [6, 6.07) is -0.886. The van der Waals surface area contributed by atoms with E-state index in [9.17, 15) is 9.59 Å². The fraction of sp³-hybridized carbons (Fsp3) is 0.455. The lowest BCUT2D eigenvalue weighted by atomic mass is 10.2. The number of carbonyl (C=O) groups excluding carboxylic acids is 1. The standard InChI is InChI=1S/C11H14BrNO4S/c1-5(11(15)16)13(3)10(14)9-8(17-4)7(12)6(2)18-9/h5H,1-4H3,(H,15,16). The molecule has 0 spiro atoms. The monoisotopic (exact) mass is 335 g/mol. The van der Waals surface area contributed by atoms with Crippen molar-refractivity contribution < 1.29 is 19.4 Å². The first-order chi connectivity index (χ1) is 8.31. The second-order valence-electron chi connectivity index (χ2n) is 3.76. The number of carboxylic acid groups (broad SMARTS) is 1. The number of amides is 1. The van der Waals surface area contributed by atoms with Gasteiger partial charge in [-0.25, -0.2) is 4.79 Å². The minimum Gasteiger partial charge on any atom is -0.494 e. The number of thiophene rings is 1. The highest BCUT2D eigenvalue weighted by molar-refractivity contribution is 9.10. The number of carbonyl (C=O) groups is 2. The molecule has 5 nitrogen and oxygen atoms in total. The SMILES string of the molecule is COc1c(C(=O)N(C)C(C)C(=O)O)sc(C)c1Br. The number of likely N-dealkylation sites (N-methyl/N-ethyl adjacent to an activating group) is 1. The van der Waals surface area contributed by atoms with Gasteiger partial charge in [0.05, 0.1) is 11.6 Å². The van der Waals surface area contributed by atoms with Crippen LogP contribution in [-0.2, 0) is 4.79 Å². The molecule has 1 unspecified atom stereocenters. The number of halogens is 1. The fourth-order valence-electron chi connectivity index (χ4n) is 1.33. The van der Waals surface area contributed by atoms with E-state index in [1.807, 2.05) is 6.92 Å². The molecule has 0 saturated heterocycles. The summed E-state index contributed by atoms with van der Waals surface area (Å²) in [7, 11) is 2.94. The van der Waals surface area contributed by atoms with Crippen molar-refractivity contribution in [1.82, 2.24) is 4.90 Å². The van der Waals surface area contributed by atoms with Gasteiger partial charge < -0.3 is 14.7 Å². The molecule has 18 heavy (non-hydrogen) atoms. The molecular formula is C11H14BrNO4S. The van der Waals surface area contributed by atoms with Crippen molar-refractivity contribution >= 4 is 39.1 Å². The molecule has 0 fully saturated rings. The summed E-state index contributed by atoms with van der Waals surface area (Å²) in [6.07, 6.45) is 0. The Morgan fingerprint density at radius 3 is 2.50 bits per heavy atom. The zero-order valence-electron chi connectivity index (χ0n) is 10.5. The summed E-state index contributed by atoms with van der Waals surface area (Å²) < 4.78 is 5.91. The van der Waals surface area contributed by atoms with Crippen LogP contribution in [0.5, 0.6) is 5.75 Å². The molecule has 7 heteroatoms. The molecule has 0 bridgehead atoms. The van der Waals surface area contributed by atoms with Crippen LogP contribution in [-0.4, -0.2) is 42.1 Å². The smallest absolute Gasteiger partial charge is 0.326 e. The first kappa shape index (κ1) is 15.0. The third-order valence-electron chi connectivity index (χ3n) is 2.63.